The van der Waals surface area contributed by atoms with Gasteiger partial charge in [0.1, 0.15) is 17.1 Å². The highest BCUT2D eigenvalue weighted by Crippen LogP contribution is 2.39. The zero-order valence-corrected chi connectivity index (χ0v) is 16.9. The lowest BCUT2D eigenvalue weighted by atomic mass is 9.94. The van der Waals surface area contributed by atoms with Gasteiger partial charge in [0.05, 0.1) is 24.4 Å². The number of aromatic nitrogens is 1. The minimum absolute atomic E-state index is 0.0275. The highest BCUT2D eigenvalue weighted by molar-refractivity contribution is 5.93. The average Bonchev–Trinajstić information content (AvgIpc) is 3.20. The predicted octanol–water partition coefficient (Wildman–Crippen LogP) is 4.46. The van der Waals surface area contributed by atoms with Crippen LogP contribution >= 0.6 is 0 Å². The van der Waals surface area contributed by atoms with Gasteiger partial charge in [-0.1, -0.05) is 12.1 Å². The van der Waals surface area contributed by atoms with E-state index in [1.54, 1.807) is 42.1 Å². The van der Waals surface area contributed by atoms with Crippen LogP contribution in [0, 0.1) is 6.92 Å². The first-order chi connectivity index (χ1) is 14.4. The molecule has 0 radical (unpaired) electrons. The number of ketones is 1. The lowest BCUT2D eigenvalue weighted by molar-refractivity contribution is 0.100. The fraction of sp³-hybridized carbons (Fsp3) is 0.167. The SMILES string of the molecule is COc1ccc(C(c2c(O)ccc3c(C)cc(=O)oc23)n2cccc2C(C)=O)cc1. The Kier molecular flexibility index (Phi) is 4.91. The summed E-state index contributed by atoms with van der Waals surface area (Å²) >= 11 is 0. The molecule has 0 spiro atoms. The van der Waals surface area contributed by atoms with Crippen LogP contribution in [0.15, 0.2) is 70.0 Å². The van der Waals surface area contributed by atoms with Crippen molar-refractivity contribution in [3.63, 3.8) is 0 Å². The topological polar surface area (TPSA) is 81.7 Å². The molecule has 6 nitrogen and oxygen atoms in total. The molecular weight excluding hydrogens is 382 g/mol. The van der Waals surface area contributed by atoms with Gasteiger partial charge in [-0.15, -0.1) is 0 Å². The van der Waals surface area contributed by atoms with Gasteiger partial charge < -0.3 is 18.8 Å². The summed E-state index contributed by atoms with van der Waals surface area (Å²) in [6, 6.07) is 15.0. The lowest BCUT2D eigenvalue weighted by Gasteiger charge is -2.24. The van der Waals surface area contributed by atoms with Crippen LogP contribution in [0.2, 0.25) is 0 Å². The first kappa shape index (κ1) is 19.5. The maximum Gasteiger partial charge on any atom is 0.336 e. The Morgan fingerprint density at radius 1 is 1.13 bits per heavy atom. The third-order valence-electron chi connectivity index (χ3n) is 5.26. The molecule has 0 saturated carbocycles. The normalized spacial score (nSPS) is 12.1. The highest BCUT2D eigenvalue weighted by Gasteiger charge is 2.27. The lowest BCUT2D eigenvalue weighted by Crippen LogP contribution is -2.17. The fourth-order valence-electron chi connectivity index (χ4n) is 3.83. The van der Waals surface area contributed by atoms with E-state index in [1.807, 2.05) is 31.2 Å². The van der Waals surface area contributed by atoms with Crippen molar-refractivity contribution < 1.29 is 19.1 Å². The van der Waals surface area contributed by atoms with Crippen molar-refractivity contribution in [1.29, 1.82) is 0 Å². The molecule has 0 amide bonds. The minimum Gasteiger partial charge on any atom is -0.507 e. The molecule has 0 aliphatic carbocycles. The van der Waals surface area contributed by atoms with E-state index in [4.69, 9.17) is 9.15 Å². The van der Waals surface area contributed by atoms with Gasteiger partial charge in [0.15, 0.2) is 5.78 Å². The number of Topliss-reactive ketones (excluding diaryl/α,β-unsaturated/α-hetero) is 1. The number of rotatable bonds is 5. The Bertz CT molecular complexity index is 1300. The van der Waals surface area contributed by atoms with E-state index in [9.17, 15) is 14.7 Å². The van der Waals surface area contributed by atoms with Gasteiger partial charge in [-0.3, -0.25) is 4.79 Å². The van der Waals surface area contributed by atoms with E-state index in [1.165, 1.54) is 13.0 Å². The van der Waals surface area contributed by atoms with Gasteiger partial charge in [0.25, 0.3) is 0 Å². The molecule has 4 aromatic rings. The predicted molar refractivity (Wildman–Crippen MR) is 114 cm³/mol. The molecule has 1 unspecified atom stereocenters. The Hall–Kier alpha value is -3.80. The van der Waals surface area contributed by atoms with E-state index in [2.05, 4.69) is 0 Å². The van der Waals surface area contributed by atoms with Gasteiger partial charge >= 0.3 is 5.63 Å². The smallest absolute Gasteiger partial charge is 0.336 e. The van der Waals surface area contributed by atoms with Crippen molar-refractivity contribution in [2.45, 2.75) is 19.9 Å². The molecule has 30 heavy (non-hydrogen) atoms. The Morgan fingerprint density at radius 2 is 1.87 bits per heavy atom. The number of fused-ring (bicyclic) bond motifs is 1. The third-order valence-corrected chi connectivity index (χ3v) is 5.26. The van der Waals surface area contributed by atoms with E-state index < -0.39 is 11.7 Å². The molecule has 2 heterocycles. The number of hydrogen-bond donors (Lipinski definition) is 1. The number of aryl methyl sites for hydroxylation is 1. The van der Waals surface area contributed by atoms with Crippen LogP contribution in [-0.2, 0) is 0 Å². The number of aromatic hydroxyl groups is 1. The van der Waals surface area contributed by atoms with Crippen molar-refractivity contribution in [1.82, 2.24) is 4.57 Å². The Labute approximate surface area is 173 Å². The molecule has 0 aliphatic rings. The molecule has 0 saturated heterocycles. The first-order valence-corrected chi connectivity index (χ1v) is 9.48. The van der Waals surface area contributed by atoms with E-state index in [0.29, 0.717) is 22.6 Å². The van der Waals surface area contributed by atoms with Gasteiger partial charge in [0.2, 0.25) is 0 Å². The van der Waals surface area contributed by atoms with Crippen LogP contribution in [0.4, 0.5) is 0 Å². The maximum absolute atomic E-state index is 12.3. The van der Waals surface area contributed by atoms with Gasteiger partial charge in [0, 0.05) is 24.6 Å². The molecule has 1 N–H and O–H groups in total. The highest BCUT2D eigenvalue weighted by atomic mass is 16.5. The summed E-state index contributed by atoms with van der Waals surface area (Å²) in [5.74, 6) is 0.539. The molecule has 2 aromatic heterocycles. The minimum atomic E-state index is -0.599. The average molecular weight is 403 g/mol. The maximum atomic E-state index is 12.3. The number of hydrogen-bond acceptors (Lipinski definition) is 5. The number of ether oxygens (including phenoxy) is 1. The summed E-state index contributed by atoms with van der Waals surface area (Å²) in [6.45, 7) is 3.31. The third kappa shape index (κ3) is 3.26. The summed E-state index contributed by atoms with van der Waals surface area (Å²) in [5, 5.41) is 11.6. The number of phenolic OH excluding ortho intramolecular Hbond substituents is 1. The van der Waals surface area contributed by atoms with Crippen molar-refractivity contribution in [3.8, 4) is 11.5 Å². The summed E-state index contributed by atoms with van der Waals surface area (Å²) in [6.07, 6.45) is 1.78. The Balaban J connectivity index is 2.08. The van der Waals surface area contributed by atoms with Crippen molar-refractivity contribution in [3.05, 3.63) is 93.6 Å². The summed E-state index contributed by atoms with van der Waals surface area (Å²) < 4.78 is 12.6. The molecule has 6 heteroatoms. The van der Waals surface area contributed by atoms with Crippen molar-refractivity contribution in [2.24, 2.45) is 0 Å². The zero-order chi connectivity index (χ0) is 21.4. The summed E-state index contributed by atoms with van der Waals surface area (Å²) in [4.78, 5) is 24.4. The number of phenols is 1. The van der Waals surface area contributed by atoms with Crippen LogP contribution in [0.3, 0.4) is 0 Å². The van der Waals surface area contributed by atoms with E-state index >= 15 is 0 Å². The standard InChI is InChI=1S/C24H21NO5/c1-14-13-21(28)30-24-18(14)10-11-20(27)22(24)23(16-6-8-17(29-3)9-7-16)25-12-4-5-19(25)15(2)26/h4-13,23,27H,1-3H3. The molecule has 0 aliphatic heterocycles. The molecule has 1 atom stereocenters. The second kappa shape index (κ2) is 7.55. The Morgan fingerprint density at radius 3 is 2.53 bits per heavy atom. The number of benzene rings is 2. The van der Waals surface area contributed by atoms with Crippen LogP contribution in [0.25, 0.3) is 11.0 Å². The van der Waals surface area contributed by atoms with Crippen LogP contribution in [-0.4, -0.2) is 22.6 Å². The van der Waals surface area contributed by atoms with E-state index in [0.717, 1.165) is 16.5 Å². The molecule has 4 rings (SSSR count). The van der Waals surface area contributed by atoms with Gasteiger partial charge in [-0.2, -0.15) is 0 Å². The van der Waals surface area contributed by atoms with E-state index in [-0.39, 0.29) is 11.5 Å². The molecule has 0 bridgehead atoms. The van der Waals surface area contributed by atoms with Crippen molar-refractivity contribution in [2.75, 3.05) is 7.11 Å². The van der Waals surface area contributed by atoms with Gasteiger partial charge in [-0.25, -0.2) is 4.79 Å². The number of carbonyl (C=O) groups is 1. The molecular formula is C24H21NO5. The summed E-state index contributed by atoms with van der Waals surface area (Å²) in [7, 11) is 1.58. The molecule has 0 fully saturated rings. The summed E-state index contributed by atoms with van der Waals surface area (Å²) in [5.41, 5.74) is 2.22. The second-order valence-corrected chi connectivity index (χ2v) is 7.16. The molecule has 152 valence electrons. The van der Waals surface area contributed by atoms with Crippen LogP contribution < -0.4 is 10.4 Å². The van der Waals surface area contributed by atoms with Crippen LogP contribution in [0.5, 0.6) is 11.5 Å². The largest absolute Gasteiger partial charge is 0.507 e. The van der Waals surface area contributed by atoms with Crippen molar-refractivity contribution >= 4 is 16.8 Å². The fourth-order valence-corrected chi connectivity index (χ4v) is 3.83. The second-order valence-electron chi connectivity index (χ2n) is 7.16. The zero-order valence-electron chi connectivity index (χ0n) is 16.9. The van der Waals surface area contributed by atoms with Gasteiger partial charge in [-0.05, 0) is 54.4 Å². The van der Waals surface area contributed by atoms with Crippen LogP contribution in [0.1, 0.15) is 40.1 Å². The monoisotopic (exact) mass is 403 g/mol. The number of carbonyl (C=O) groups excluding carboxylic acids is 1. The number of methoxy groups -OCH3 is 1. The number of nitrogens with zero attached hydrogens (tertiary/aromatic N) is 1. The quantitative estimate of drug-likeness (QED) is 0.393. The first-order valence-electron chi connectivity index (χ1n) is 9.48. The molecule has 2 aromatic carbocycles.